The first-order chi connectivity index (χ1) is 19.2. The molecule has 12 heteroatoms. The lowest BCUT2D eigenvalue weighted by molar-refractivity contribution is -0.184. The van der Waals surface area contributed by atoms with Crippen LogP contribution in [0.3, 0.4) is 0 Å². The first kappa shape index (κ1) is 29.7. The van der Waals surface area contributed by atoms with E-state index < -0.39 is 54.6 Å². The van der Waals surface area contributed by atoms with Crippen molar-refractivity contribution in [3.8, 4) is 0 Å². The monoisotopic (exact) mass is 565 g/mol. The number of rotatable bonds is 10. The highest BCUT2D eigenvalue weighted by molar-refractivity contribution is 5.93. The highest BCUT2D eigenvalue weighted by atomic mass is 19.3. The van der Waals surface area contributed by atoms with E-state index in [0.29, 0.717) is 25.3 Å². The summed E-state index contributed by atoms with van der Waals surface area (Å²) in [5, 5.41) is 15.1. The number of nitrogens with two attached hydrogens (primary N) is 1. The van der Waals surface area contributed by atoms with E-state index in [1.54, 1.807) is 12.4 Å². The van der Waals surface area contributed by atoms with Crippen molar-refractivity contribution in [2.75, 3.05) is 13.1 Å². The third-order valence-corrected chi connectivity index (χ3v) is 7.53. The number of allylic oxidation sites excluding steroid dienone is 1. The van der Waals surface area contributed by atoms with E-state index in [4.69, 9.17) is 15.3 Å². The second-order valence-electron chi connectivity index (χ2n) is 10.3. The maximum absolute atomic E-state index is 15.7. The van der Waals surface area contributed by atoms with Crippen molar-refractivity contribution in [2.24, 2.45) is 31.8 Å². The van der Waals surface area contributed by atoms with Crippen molar-refractivity contribution in [2.45, 2.75) is 81.5 Å². The fraction of sp³-hybridized carbons (Fsp3) is 0.571. The Kier molecular flexibility index (Phi) is 9.94. The van der Waals surface area contributed by atoms with Gasteiger partial charge in [0.25, 0.3) is 0 Å². The Morgan fingerprint density at radius 3 is 2.55 bits per heavy atom. The zero-order chi connectivity index (χ0) is 28.6. The van der Waals surface area contributed by atoms with Crippen LogP contribution >= 0.6 is 0 Å². The zero-order valence-electron chi connectivity index (χ0n) is 22.1. The van der Waals surface area contributed by atoms with Gasteiger partial charge in [0.05, 0.1) is 31.4 Å². The maximum Gasteiger partial charge on any atom is 0.315 e. The van der Waals surface area contributed by atoms with Gasteiger partial charge < -0.3 is 20.4 Å². The molecule has 1 aliphatic carbocycles. The first-order valence-corrected chi connectivity index (χ1v) is 13.5. The van der Waals surface area contributed by atoms with Crippen LogP contribution in [0, 0.1) is 5.92 Å². The van der Waals surface area contributed by atoms with Crippen LogP contribution in [0.1, 0.15) is 50.5 Å². The molecule has 4 rings (SSSR count). The van der Waals surface area contributed by atoms with Gasteiger partial charge in [0.15, 0.2) is 11.5 Å². The molecule has 0 radical (unpaired) electrons. The van der Waals surface area contributed by atoms with Crippen LogP contribution in [-0.4, -0.2) is 72.3 Å². The highest BCUT2D eigenvalue weighted by Gasteiger charge is 2.62. The average Bonchev–Trinajstić information content (AvgIpc) is 2.95. The van der Waals surface area contributed by atoms with Gasteiger partial charge in [-0.3, -0.25) is 9.98 Å². The van der Waals surface area contributed by atoms with Crippen molar-refractivity contribution >= 4 is 24.2 Å². The number of hydrogen-bond acceptors (Lipinski definition) is 7. The van der Waals surface area contributed by atoms with Crippen LogP contribution in [0.2, 0.25) is 0 Å². The molecule has 1 saturated carbocycles. The summed E-state index contributed by atoms with van der Waals surface area (Å²) in [6.45, 7) is -0.526. The number of aliphatic imine (C=N–C) groups is 3. The van der Waals surface area contributed by atoms with Crippen molar-refractivity contribution in [3.63, 3.8) is 0 Å². The minimum Gasteiger partial charge on any atom is -0.475 e. The van der Waals surface area contributed by atoms with Crippen molar-refractivity contribution in [1.82, 2.24) is 0 Å². The quantitative estimate of drug-likeness (QED) is 0.185. The van der Waals surface area contributed by atoms with Gasteiger partial charge in [0, 0.05) is 25.0 Å². The normalized spacial score (nSPS) is 27.6. The van der Waals surface area contributed by atoms with Crippen molar-refractivity contribution < 1.29 is 32.2 Å². The Balaban J connectivity index is 1.34. The van der Waals surface area contributed by atoms with Crippen LogP contribution in [0.4, 0.5) is 17.6 Å². The molecule has 218 valence electrons. The molecule has 3 aliphatic rings. The van der Waals surface area contributed by atoms with Gasteiger partial charge in [0.1, 0.15) is 25.1 Å². The van der Waals surface area contributed by atoms with Crippen LogP contribution in [0.15, 0.2) is 62.2 Å². The van der Waals surface area contributed by atoms with Crippen molar-refractivity contribution in [1.29, 1.82) is 0 Å². The van der Waals surface area contributed by atoms with E-state index in [0.717, 1.165) is 17.5 Å². The minimum atomic E-state index is -3.88. The zero-order valence-corrected chi connectivity index (χ0v) is 22.1. The SMILES string of the molecule is NC=NCC(O)(C1CCC(F)CC1F)C(F)(F)C1=NCC(OC2=NC=C(/C=N/OCc3ccccc3)CC2)CC1. The van der Waals surface area contributed by atoms with E-state index in [2.05, 4.69) is 20.1 Å². The van der Waals surface area contributed by atoms with Gasteiger partial charge in [-0.25, -0.2) is 13.8 Å². The van der Waals surface area contributed by atoms with Gasteiger partial charge in [-0.05, 0) is 43.2 Å². The summed E-state index contributed by atoms with van der Waals surface area (Å²) in [4.78, 5) is 17.3. The Morgan fingerprint density at radius 2 is 1.90 bits per heavy atom. The molecule has 40 heavy (non-hydrogen) atoms. The lowest BCUT2D eigenvalue weighted by Gasteiger charge is -2.45. The molecule has 5 unspecified atom stereocenters. The average molecular weight is 566 g/mol. The standard InChI is InChI=1S/C28H35F4N5O3/c29-21-7-9-23(24(30)12-21)27(38,17-34-18-33)28(31,32)25-10-8-22(15-35-25)40-26-11-6-20(13-36-26)14-37-39-16-19-4-2-1-3-5-19/h1-5,13-14,18,21-24,38H,6-12,15-17H2,(H2,33,34)/b37-14+. The minimum absolute atomic E-state index is 0.0676. The number of aliphatic hydroxyl groups is 1. The summed E-state index contributed by atoms with van der Waals surface area (Å²) in [6.07, 6.45) is 0.472. The van der Waals surface area contributed by atoms with Crippen LogP contribution in [0.25, 0.3) is 0 Å². The fourth-order valence-corrected chi connectivity index (χ4v) is 5.24. The number of hydrogen-bond donors (Lipinski definition) is 2. The molecule has 0 spiro atoms. The molecule has 0 amide bonds. The van der Waals surface area contributed by atoms with Gasteiger partial charge in [-0.2, -0.15) is 8.78 Å². The molecule has 0 saturated heterocycles. The largest absolute Gasteiger partial charge is 0.475 e. The molecule has 3 N–H and O–H groups in total. The van der Waals surface area contributed by atoms with E-state index >= 15 is 8.78 Å². The Labute approximate surface area is 230 Å². The first-order valence-electron chi connectivity index (χ1n) is 13.5. The fourth-order valence-electron chi connectivity index (χ4n) is 5.24. The van der Waals surface area contributed by atoms with Crippen LogP contribution < -0.4 is 5.73 Å². The van der Waals surface area contributed by atoms with E-state index in [-0.39, 0.29) is 32.2 Å². The summed E-state index contributed by atoms with van der Waals surface area (Å²) in [5.74, 6) is -4.92. The summed E-state index contributed by atoms with van der Waals surface area (Å²) in [5.41, 5.74) is 3.67. The topological polar surface area (TPSA) is 114 Å². The summed E-state index contributed by atoms with van der Waals surface area (Å²) in [6, 6.07) is 9.65. The lowest BCUT2D eigenvalue weighted by Crippen LogP contribution is -2.63. The van der Waals surface area contributed by atoms with Crippen LogP contribution in [-0.2, 0) is 16.2 Å². The predicted octanol–water partition coefficient (Wildman–Crippen LogP) is 4.71. The number of alkyl halides is 4. The second kappa shape index (κ2) is 13.4. The molecule has 0 bridgehead atoms. The molecule has 8 nitrogen and oxygen atoms in total. The van der Waals surface area contributed by atoms with Gasteiger partial charge in [0.2, 0.25) is 0 Å². The Hall–Kier alpha value is -3.28. The number of ether oxygens (including phenoxy) is 1. The number of halogens is 4. The van der Waals surface area contributed by atoms with Gasteiger partial charge in [-0.1, -0.05) is 35.5 Å². The van der Waals surface area contributed by atoms with E-state index in [1.807, 2.05) is 30.3 Å². The van der Waals surface area contributed by atoms with Gasteiger partial charge >= 0.3 is 5.92 Å². The molecular weight excluding hydrogens is 530 g/mol. The summed E-state index contributed by atoms with van der Waals surface area (Å²) >= 11 is 0. The Morgan fingerprint density at radius 1 is 1.10 bits per heavy atom. The third kappa shape index (κ3) is 7.07. The molecule has 5 atom stereocenters. The summed E-state index contributed by atoms with van der Waals surface area (Å²) in [7, 11) is 0. The van der Waals surface area contributed by atoms with Crippen LogP contribution in [0.5, 0.6) is 0 Å². The highest BCUT2D eigenvalue weighted by Crippen LogP contribution is 2.46. The molecule has 0 aromatic heterocycles. The number of oxime groups is 1. The smallest absolute Gasteiger partial charge is 0.315 e. The molecule has 2 aliphatic heterocycles. The molecule has 1 fully saturated rings. The van der Waals surface area contributed by atoms with E-state index in [1.165, 1.54) is 0 Å². The third-order valence-electron chi connectivity index (χ3n) is 7.53. The van der Waals surface area contributed by atoms with Gasteiger partial charge in [-0.15, -0.1) is 0 Å². The predicted molar refractivity (Wildman–Crippen MR) is 145 cm³/mol. The molecule has 2 heterocycles. The molecule has 1 aromatic carbocycles. The van der Waals surface area contributed by atoms with Crippen molar-refractivity contribution in [3.05, 3.63) is 47.7 Å². The lowest BCUT2D eigenvalue weighted by atomic mass is 9.70. The number of nitrogens with zero attached hydrogens (tertiary/aromatic N) is 4. The summed E-state index contributed by atoms with van der Waals surface area (Å²) < 4.78 is 65.8. The maximum atomic E-state index is 15.7. The van der Waals surface area contributed by atoms with E-state index in [9.17, 15) is 13.9 Å². The molecular formula is C28H35F4N5O3. The number of benzene rings is 1. The molecule has 1 aromatic rings. The Bertz CT molecular complexity index is 1140. The second-order valence-corrected chi connectivity index (χ2v) is 10.3.